The molecule has 0 aromatic carbocycles. The van der Waals surface area contributed by atoms with Crippen LogP contribution in [0, 0.1) is 0 Å². The molecule has 0 saturated heterocycles. The molecule has 1 aliphatic carbocycles. The van der Waals surface area contributed by atoms with Crippen LogP contribution in [0.15, 0.2) is 35.8 Å². The molecule has 0 bridgehead atoms. The second kappa shape index (κ2) is 5.13. The van der Waals surface area contributed by atoms with Gasteiger partial charge in [0, 0.05) is 17.8 Å². The maximum absolute atomic E-state index is 11.3. The molecule has 1 fully saturated rings. The van der Waals surface area contributed by atoms with Crippen LogP contribution in [0.2, 0.25) is 0 Å². The Hall–Kier alpha value is -1.68. The Morgan fingerprint density at radius 1 is 1.42 bits per heavy atom. The van der Waals surface area contributed by atoms with Crippen LogP contribution in [-0.2, 0) is 6.54 Å². The monoisotopic (exact) mass is 272 g/mol. The maximum Gasteiger partial charge on any atom is 0.178 e. The van der Waals surface area contributed by atoms with E-state index in [1.165, 1.54) is 17.7 Å². The molecule has 0 spiro atoms. The fraction of sp³-hybridized carbons (Fsp3) is 0.333. The third kappa shape index (κ3) is 2.84. The molecule has 98 valence electrons. The van der Waals surface area contributed by atoms with Crippen molar-refractivity contribution in [3.8, 4) is 0 Å². The van der Waals surface area contributed by atoms with Crippen LogP contribution in [0.1, 0.15) is 35.1 Å². The fourth-order valence-electron chi connectivity index (χ4n) is 2.15. The van der Waals surface area contributed by atoms with Crippen molar-refractivity contribution in [3.05, 3.63) is 46.4 Å². The van der Waals surface area contributed by atoms with Gasteiger partial charge in [-0.1, -0.05) is 6.07 Å². The summed E-state index contributed by atoms with van der Waals surface area (Å²) < 4.78 is 0. The maximum atomic E-state index is 11.3. The molecule has 3 rings (SSSR count). The van der Waals surface area contributed by atoms with Gasteiger partial charge in [-0.15, -0.1) is 11.3 Å². The quantitative estimate of drug-likeness (QED) is 0.781. The minimum absolute atomic E-state index is 0.0165. The van der Waals surface area contributed by atoms with Crippen molar-refractivity contribution in [2.24, 2.45) is 0 Å². The third-order valence-corrected chi connectivity index (χ3v) is 4.20. The number of hydrogen-bond acceptors (Lipinski definition) is 4. The highest BCUT2D eigenvalue weighted by molar-refractivity contribution is 7.09. The molecule has 19 heavy (non-hydrogen) atoms. The molecule has 0 radical (unpaired) electrons. The van der Waals surface area contributed by atoms with Crippen LogP contribution in [0.25, 0.3) is 0 Å². The first-order chi connectivity index (χ1) is 9.24. The van der Waals surface area contributed by atoms with E-state index >= 15 is 0 Å². The smallest absolute Gasteiger partial charge is 0.178 e. The highest BCUT2D eigenvalue weighted by atomic mass is 32.1. The van der Waals surface area contributed by atoms with Gasteiger partial charge in [0.1, 0.15) is 5.69 Å². The van der Waals surface area contributed by atoms with Gasteiger partial charge < -0.3 is 4.90 Å². The van der Waals surface area contributed by atoms with Crippen molar-refractivity contribution in [2.45, 2.75) is 32.4 Å². The van der Waals surface area contributed by atoms with E-state index in [1.807, 2.05) is 18.3 Å². The van der Waals surface area contributed by atoms with Crippen LogP contribution in [0.3, 0.4) is 0 Å². The number of thiophene rings is 1. The number of anilines is 1. The first kappa shape index (κ1) is 12.4. The van der Waals surface area contributed by atoms with Crippen molar-refractivity contribution in [1.82, 2.24) is 4.98 Å². The zero-order chi connectivity index (χ0) is 13.2. The van der Waals surface area contributed by atoms with Crippen LogP contribution in [0.5, 0.6) is 0 Å². The lowest BCUT2D eigenvalue weighted by Crippen LogP contribution is -2.24. The summed E-state index contributed by atoms with van der Waals surface area (Å²) >= 11 is 1.78. The Morgan fingerprint density at radius 2 is 2.26 bits per heavy atom. The number of rotatable bonds is 5. The predicted octanol–water partition coefficient (Wildman–Crippen LogP) is 3.51. The first-order valence-corrected chi connectivity index (χ1v) is 7.38. The number of carbonyl (C=O) groups excluding carboxylic acids is 1. The molecule has 1 saturated carbocycles. The van der Waals surface area contributed by atoms with Gasteiger partial charge in [0.05, 0.1) is 18.4 Å². The van der Waals surface area contributed by atoms with Gasteiger partial charge in [0.2, 0.25) is 0 Å². The van der Waals surface area contributed by atoms with Gasteiger partial charge in [-0.05, 0) is 36.4 Å². The lowest BCUT2D eigenvalue weighted by atomic mass is 10.2. The van der Waals surface area contributed by atoms with E-state index in [0.29, 0.717) is 11.7 Å². The Morgan fingerprint density at radius 3 is 2.79 bits per heavy atom. The molecule has 2 aromatic heterocycles. The van der Waals surface area contributed by atoms with Crippen molar-refractivity contribution in [3.63, 3.8) is 0 Å². The summed E-state index contributed by atoms with van der Waals surface area (Å²) in [6.45, 7) is 2.48. The highest BCUT2D eigenvalue weighted by Crippen LogP contribution is 2.33. The van der Waals surface area contributed by atoms with Gasteiger partial charge in [-0.3, -0.25) is 9.78 Å². The zero-order valence-electron chi connectivity index (χ0n) is 10.9. The van der Waals surface area contributed by atoms with E-state index in [0.717, 1.165) is 12.2 Å². The molecular weight excluding hydrogens is 256 g/mol. The van der Waals surface area contributed by atoms with E-state index in [9.17, 15) is 4.79 Å². The molecule has 0 atom stereocenters. The molecule has 2 heterocycles. The van der Waals surface area contributed by atoms with E-state index in [2.05, 4.69) is 27.4 Å². The minimum Gasteiger partial charge on any atom is -0.362 e. The molecule has 4 heteroatoms. The summed E-state index contributed by atoms with van der Waals surface area (Å²) in [5, 5.41) is 2.11. The second-order valence-corrected chi connectivity index (χ2v) is 5.93. The zero-order valence-corrected chi connectivity index (χ0v) is 11.7. The van der Waals surface area contributed by atoms with E-state index in [-0.39, 0.29) is 5.78 Å². The number of Topliss-reactive ketones (excluding diaryl/α,β-unsaturated/α-hetero) is 1. The van der Waals surface area contributed by atoms with Gasteiger partial charge >= 0.3 is 0 Å². The minimum atomic E-state index is 0.0165. The molecule has 2 aromatic rings. The average molecular weight is 272 g/mol. The predicted molar refractivity (Wildman–Crippen MR) is 77.8 cm³/mol. The number of pyridine rings is 1. The number of aromatic nitrogens is 1. The number of ketones is 1. The summed E-state index contributed by atoms with van der Waals surface area (Å²) in [6, 6.07) is 8.71. The van der Waals surface area contributed by atoms with E-state index < -0.39 is 0 Å². The van der Waals surface area contributed by atoms with Gasteiger partial charge in [-0.25, -0.2) is 0 Å². The lowest BCUT2D eigenvalue weighted by molar-refractivity contribution is 0.101. The van der Waals surface area contributed by atoms with Gasteiger partial charge in [-0.2, -0.15) is 0 Å². The Balaban J connectivity index is 1.81. The van der Waals surface area contributed by atoms with Gasteiger partial charge in [0.25, 0.3) is 0 Å². The number of nitrogens with zero attached hydrogens (tertiary/aromatic N) is 2. The highest BCUT2D eigenvalue weighted by Gasteiger charge is 2.29. The average Bonchev–Trinajstić information content (AvgIpc) is 3.13. The number of carbonyl (C=O) groups is 1. The Kier molecular flexibility index (Phi) is 3.34. The molecule has 0 amide bonds. The van der Waals surface area contributed by atoms with Crippen LogP contribution in [-0.4, -0.2) is 16.8 Å². The van der Waals surface area contributed by atoms with Crippen molar-refractivity contribution in [2.75, 3.05) is 4.90 Å². The Bertz CT molecular complexity index is 558. The van der Waals surface area contributed by atoms with Crippen molar-refractivity contribution < 1.29 is 4.79 Å². The summed E-state index contributed by atoms with van der Waals surface area (Å²) in [7, 11) is 0. The largest absolute Gasteiger partial charge is 0.362 e. The first-order valence-electron chi connectivity index (χ1n) is 6.50. The van der Waals surface area contributed by atoms with Gasteiger partial charge in [0.15, 0.2) is 5.78 Å². The Labute approximate surface area is 116 Å². The topological polar surface area (TPSA) is 33.2 Å². The normalized spacial score (nSPS) is 14.4. The fourth-order valence-corrected chi connectivity index (χ4v) is 2.85. The standard InChI is InChI=1S/C15H16N2OS/c1-11(18)15-7-6-13(9-16-15)17(12-4-5-12)10-14-3-2-8-19-14/h2-3,6-9,12H,4-5,10H2,1H3. The van der Waals surface area contributed by atoms with Crippen molar-refractivity contribution >= 4 is 22.8 Å². The molecule has 0 unspecified atom stereocenters. The lowest BCUT2D eigenvalue weighted by Gasteiger charge is -2.23. The summed E-state index contributed by atoms with van der Waals surface area (Å²) in [4.78, 5) is 19.3. The SMILES string of the molecule is CC(=O)c1ccc(N(Cc2cccs2)C2CC2)cn1. The van der Waals surface area contributed by atoms with Crippen LogP contribution >= 0.6 is 11.3 Å². The van der Waals surface area contributed by atoms with Crippen LogP contribution in [0.4, 0.5) is 5.69 Å². The second-order valence-electron chi connectivity index (χ2n) is 4.90. The third-order valence-electron chi connectivity index (χ3n) is 3.33. The van der Waals surface area contributed by atoms with E-state index in [4.69, 9.17) is 0 Å². The summed E-state index contributed by atoms with van der Waals surface area (Å²) in [5.74, 6) is 0.0165. The summed E-state index contributed by atoms with van der Waals surface area (Å²) in [6.07, 6.45) is 4.32. The van der Waals surface area contributed by atoms with E-state index in [1.54, 1.807) is 18.3 Å². The molecule has 0 aliphatic heterocycles. The van der Waals surface area contributed by atoms with Crippen LogP contribution < -0.4 is 4.90 Å². The molecule has 0 N–H and O–H groups in total. The van der Waals surface area contributed by atoms with Crippen molar-refractivity contribution in [1.29, 1.82) is 0 Å². The molecule has 3 nitrogen and oxygen atoms in total. The molecular formula is C15H16N2OS. The number of hydrogen-bond donors (Lipinski definition) is 0. The molecule has 1 aliphatic rings. The summed E-state index contributed by atoms with van der Waals surface area (Å²) in [5.41, 5.74) is 1.65.